The van der Waals surface area contributed by atoms with Gasteiger partial charge in [-0.05, 0) is 90.9 Å². The molecule has 0 saturated carbocycles. The van der Waals surface area contributed by atoms with Crippen LogP contribution in [0.5, 0.6) is 0 Å². The number of aldehydes is 1. The Labute approximate surface area is 271 Å². The van der Waals surface area contributed by atoms with Crippen LogP contribution in [0, 0.1) is 21.3 Å². The van der Waals surface area contributed by atoms with Crippen LogP contribution in [-0.2, 0) is 14.4 Å². The van der Waals surface area contributed by atoms with E-state index in [0.717, 1.165) is 25.9 Å². The number of likely N-dealkylation sites (N-methyl/N-ethyl adjacent to an activating group) is 1. The molecule has 242 valence electrons. The summed E-state index contributed by atoms with van der Waals surface area (Å²) in [5.74, 6) is -1.15. The van der Waals surface area contributed by atoms with Gasteiger partial charge in [-0.3, -0.25) is 19.2 Å². The molecule has 1 rings (SSSR count). The van der Waals surface area contributed by atoms with Crippen LogP contribution in [0.3, 0.4) is 0 Å². The molecule has 0 bridgehead atoms. The number of carbonyl (C=O) groups excluding carboxylic acids is 5. The van der Waals surface area contributed by atoms with Gasteiger partial charge in [-0.15, -0.1) is 0 Å². The van der Waals surface area contributed by atoms with Crippen LogP contribution in [0.25, 0.3) is 0 Å². The van der Waals surface area contributed by atoms with Crippen molar-refractivity contribution in [2.24, 2.45) is 17.8 Å². The van der Waals surface area contributed by atoms with Crippen molar-refractivity contribution in [2.45, 2.75) is 92.8 Å². The fraction of sp³-hybridized carbons (Fsp3) is 0.656. The highest BCUT2D eigenvalue weighted by atomic mass is 127. The molecule has 0 unspecified atom stereocenters. The second-order valence-electron chi connectivity index (χ2n) is 12.2. The Hall–Kier alpha value is -2.54. The van der Waals surface area contributed by atoms with Crippen LogP contribution in [0.2, 0.25) is 0 Å². The molecule has 0 fully saturated rings. The van der Waals surface area contributed by atoms with Gasteiger partial charge in [0.25, 0.3) is 11.8 Å². The SMILES string of the molecule is CCN(CC)CCNC(=O)c1ccc(C(=O)N[C@@H](CC(C)C)C(=O)N[C@@H](CC(C)C)C(=O)N[C@H](C=O)CC(C)C)c(I)c1. The summed E-state index contributed by atoms with van der Waals surface area (Å²) >= 11 is 2.02. The third-order valence-corrected chi connectivity index (χ3v) is 7.86. The number of hydrogen-bond acceptors (Lipinski definition) is 6. The molecule has 1 aromatic rings. The highest BCUT2D eigenvalue weighted by Crippen LogP contribution is 2.17. The van der Waals surface area contributed by atoms with Crippen molar-refractivity contribution in [2.75, 3.05) is 26.2 Å². The number of benzene rings is 1. The van der Waals surface area contributed by atoms with Crippen LogP contribution in [0.1, 0.15) is 95.4 Å². The molecule has 0 radical (unpaired) electrons. The van der Waals surface area contributed by atoms with Crippen LogP contribution < -0.4 is 21.3 Å². The molecule has 11 heteroatoms. The lowest BCUT2D eigenvalue weighted by atomic mass is 9.99. The molecule has 0 aromatic heterocycles. The summed E-state index contributed by atoms with van der Waals surface area (Å²) in [6.07, 6.45) is 1.96. The molecule has 3 atom stereocenters. The fourth-order valence-electron chi connectivity index (χ4n) is 4.66. The summed E-state index contributed by atoms with van der Waals surface area (Å²) in [4.78, 5) is 66.3. The van der Waals surface area contributed by atoms with E-state index in [1.54, 1.807) is 18.2 Å². The van der Waals surface area contributed by atoms with Gasteiger partial charge in [-0.2, -0.15) is 0 Å². The third kappa shape index (κ3) is 14.2. The first-order valence-electron chi connectivity index (χ1n) is 15.4. The minimum atomic E-state index is -0.883. The second kappa shape index (κ2) is 19.7. The first-order chi connectivity index (χ1) is 20.2. The number of nitrogens with one attached hydrogen (secondary N) is 4. The lowest BCUT2D eigenvalue weighted by molar-refractivity contribution is -0.131. The Morgan fingerprint density at radius 1 is 0.791 bits per heavy atom. The van der Waals surface area contributed by atoms with Gasteiger partial charge in [0.2, 0.25) is 11.8 Å². The Bertz CT molecular complexity index is 1070. The van der Waals surface area contributed by atoms with Crippen molar-refractivity contribution in [3.8, 4) is 0 Å². The summed E-state index contributed by atoms with van der Waals surface area (Å²) in [5.41, 5.74) is 0.798. The number of amides is 4. The molecule has 10 nitrogen and oxygen atoms in total. The number of rotatable bonds is 19. The van der Waals surface area contributed by atoms with Crippen LogP contribution in [0.4, 0.5) is 0 Å². The van der Waals surface area contributed by atoms with E-state index in [-0.39, 0.29) is 23.7 Å². The van der Waals surface area contributed by atoms with Gasteiger partial charge in [0, 0.05) is 22.2 Å². The van der Waals surface area contributed by atoms with E-state index in [9.17, 15) is 24.0 Å². The summed E-state index contributed by atoms with van der Waals surface area (Å²) in [6.45, 7) is 19.0. The van der Waals surface area contributed by atoms with E-state index in [1.807, 2.05) is 64.1 Å². The zero-order chi connectivity index (χ0) is 32.7. The summed E-state index contributed by atoms with van der Waals surface area (Å²) in [6, 6.07) is 2.47. The molecule has 0 spiro atoms. The molecular formula is C32H52IN5O5. The van der Waals surface area contributed by atoms with Gasteiger partial charge in [-0.25, -0.2) is 0 Å². The minimum absolute atomic E-state index is 0.0837. The van der Waals surface area contributed by atoms with E-state index in [1.165, 1.54) is 0 Å². The molecule has 4 amide bonds. The first kappa shape index (κ1) is 38.5. The lowest BCUT2D eigenvalue weighted by Crippen LogP contribution is -2.55. The molecule has 0 aliphatic carbocycles. The maximum atomic E-state index is 13.5. The van der Waals surface area contributed by atoms with Crippen LogP contribution in [-0.4, -0.2) is 79.1 Å². The fourth-order valence-corrected chi connectivity index (χ4v) is 5.42. The van der Waals surface area contributed by atoms with Crippen molar-refractivity contribution in [1.82, 2.24) is 26.2 Å². The third-order valence-electron chi connectivity index (χ3n) is 6.97. The molecule has 4 N–H and O–H groups in total. The van der Waals surface area contributed by atoms with Crippen molar-refractivity contribution in [3.63, 3.8) is 0 Å². The van der Waals surface area contributed by atoms with Crippen molar-refractivity contribution < 1.29 is 24.0 Å². The molecule has 0 aliphatic heterocycles. The number of carbonyl (C=O) groups is 5. The van der Waals surface area contributed by atoms with Crippen LogP contribution in [0.15, 0.2) is 18.2 Å². The maximum absolute atomic E-state index is 13.5. The van der Waals surface area contributed by atoms with Crippen molar-refractivity contribution in [3.05, 3.63) is 32.9 Å². The number of nitrogens with zero attached hydrogens (tertiary/aromatic N) is 1. The topological polar surface area (TPSA) is 137 Å². The Morgan fingerprint density at radius 3 is 1.81 bits per heavy atom. The molecule has 0 heterocycles. The Morgan fingerprint density at radius 2 is 1.33 bits per heavy atom. The smallest absolute Gasteiger partial charge is 0.253 e. The zero-order valence-electron chi connectivity index (χ0n) is 27.1. The largest absolute Gasteiger partial charge is 0.351 e. The van der Waals surface area contributed by atoms with E-state index in [4.69, 9.17) is 0 Å². The maximum Gasteiger partial charge on any atom is 0.253 e. The highest BCUT2D eigenvalue weighted by Gasteiger charge is 2.29. The summed E-state index contributed by atoms with van der Waals surface area (Å²) in [7, 11) is 0. The summed E-state index contributed by atoms with van der Waals surface area (Å²) in [5, 5.41) is 11.3. The van der Waals surface area contributed by atoms with E-state index in [2.05, 4.69) is 40.0 Å². The van der Waals surface area contributed by atoms with Gasteiger partial charge in [-0.1, -0.05) is 55.4 Å². The van der Waals surface area contributed by atoms with Gasteiger partial charge in [0.05, 0.1) is 11.6 Å². The predicted molar refractivity (Wildman–Crippen MR) is 179 cm³/mol. The zero-order valence-corrected chi connectivity index (χ0v) is 29.2. The van der Waals surface area contributed by atoms with Crippen molar-refractivity contribution >= 4 is 52.5 Å². The first-order valence-corrected chi connectivity index (χ1v) is 16.5. The average Bonchev–Trinajstić information content (AvgIpc) is 2.93. The van der Waals surface area contributed by atoms with Crippen LogP contribution >= 0.6 is 22.6 Å². The number of halogens is 1. The molecule has 0 aliphatic rings. The predicted octanol–water partition coefficient (Wildman–Crippen LogP) is 3.77. The van der Waals surface area contributed by atoms with Gasteiger partial charge < -0.3 is 31.0 Å². The summed E-state index contributed by atoms with van der Waals surface area (Å²) < 4.78 is 0.581. The minimum Gasteiger partial charge on any atom is -0.351 e. The monoisotopic (exact) mass is 713 g/mol. The van der Waals surface area contributed by atoms with Gasteiger partial charge in [0.1, 0.15) is 18.4 Å². The second-order valence-corrected chi connectivity index (χ2v) is 13.4. The normalized spacial score (nSPS) is 13.5. The highest BCUT2D eigenvalue weighted by molar-refractivity contribution is 14.1. The Balaban J connectivity index is 3.02. The quantitative estimate of drug-likeness (QED) is 0.127. The lowest BCUT2D eigenvalue weighted by Gasteiger charge is -2.26. The van der Waals surface area contributed by atoms with E-state index in [0.29, 0.717) is 40.5 Å². The molecule has 43 heavy (non-hydrogen) atoms. The average molecular weight is 714 g/mol. The molecular weight excluding hydrogens is 661 g/mol. The van der Waals surface area contributed by atoms with Crippen molar-refractivity contribution in [1.29, 1.82) is 0 Å². The molecule has 1 aromatic carbocycles. The van der Waals surface area contributed by atoms with E-state index >= 15 is 0 Å². The number of hydrogen-bond donors (Lipinski definition) is 4. The molecule has 0 saturated heterocycles. The van der Waals surface area contributed by atoms with E-state index < -0.39 is 35.8 Å². The van der Waals surface area contributed by atoms with Gasteiger partial charge in [0.15, 0.2) is 0 Å². The Kier molecular flexibility index (Phi) is 17.6. The standard InChI is InChI=1S/C32H52IN5O5/c1-9-38(10-2)14-13-34-29(40)23-11-12-25(26(33)18-23)30(41)36-28(17-22(7)8)32(43)37-27(16-21(5)6)31(42)35-24(19-39)15-20(3)4/h11-12,18-22,24,27-28H,9-10,13-17H2,1-8H3,(H,34,40)(H,35,42)(H,36,41)(H,37,43)/t24-,27-,28-/m0/s1. The van der Waals surface area contributed by atoms with Gasteiger partial charge >= 0.3 is 0 Å².